The molecule has 2 N–H and O–H groups in total. The Labute approximate surface area is 191 Å². The summed E-state index contributed by atoms with van der Waals surface area (Å²) >= 11 is 13.3. The number of thiol groups is 1. The smallest absolute Gasteiger partial charge is 0.255 e. The van der Waals surface area contributed by atoms with Gasteiger partial charge in [-0.15, -0.1) is 17.7 Å². The third kappa shape index (κ3) is 4.53. The maximum Gasteiger partial charge on any atom is 0.255 e. The van der Waals surface area contributed by atoms with Crippen molar-refractivity contribution >= 4 is 87.5 Å². The molecule has 0 bridgehead atoms. The summed E-state index contributed by atoms with van der Waals surface area (Å²) in [5, 5.41) is 11.9. The lowest BCUT2D eigenvalue weighted by molar-refractivity contribution is 0.102. The summed E-state index contributed by atoms with van der Waals surface area (Å²) in [6.45, 7) is 0. The molecule has 28 heavy (non-hydrogen) atoms. The number of nitrogens with one attached hydrogen (secondary N) is 2. The van der Waals surface area contributed by atoms with Crippen LogP contribution in [-0.2, 0) is 9.84 Å². The van der Waals surface area contributed by atoms with Crippen LogP contribution in [0.3, 0.4) is 0 Å². The molecule has 1 atom stereocenters. The SMILES string of the molecule is O=C(Nc1cccc(N2NN=NC2S)c1)c1cccc(S(=O)(=O)C(Br)(Br)Br)c1. The van der Waals surface area contributed by atoms with Crippen molar-refractivity contribution in [1.29, 1.82) is 0 Å². The zero-order valence-corrected chi connectivity index (χ0v) is 20.2. The first kappa shape index (κ1) is 21.6. The van der Waals surface area contributed by atoms with Crippen molar-refractivity contribution < 1.29 is 13.2 Å². The Morgan fingerprint density at radius 3 is 2.54 bits per heavy atom. The van der Waals surface area contributed by atoms with Crippen molar-refractivity contribution in [1.82, 2.24) is 5.53 Å². The van der Waals surface area contributed by atoms with Crippen molar-refractivity contribution in [3.05, 3.63) is 54.1 Å². The summed E-state index contributed by atoms with van der Waals surface area (Å²) in [5.41, 5.74) is 3.62. The molecule has 0 aromatic heterocycles. The number of sulfone groups is 1. The maximum atomic E-state index is 12.6. The molecule has 0 radical (unpaired) electrons. The number of hydrogen-bond acceptors (Lipinski definition) is 8. The van der Waals surface area contributed by atoms with Crippen molar-refractivity contribution in [2.24, 2.45) is 10.3 Å². The second-order valence-corrected chi connectivity index (χ2v) is 16.4. The summed E-state index contributed by atoms with van der Waals surface area (Å²) in [7, 11) is -3.80. The molecule has 0 saturated carbocycles. The van der Waals surface area contributed by atoms with Crippen molar-refractivity contribution in [2.45, 2.75) is 11.9 Å². The van der Waals surface area contributed by atoms with Crippen LogP contribution in [-0.4, -0.2) is 21.3 Å². The number of anilines is 2. The quantitative estimate of drug-likeness (QED) is 0.350. The van der Waals surface area contributed by atoms with Gasteiger partial charge in [-0.2, -0.15) is 5.53 Å². The molecule has 2 aromatic rings. The molecule has 1 aliphatic heterocycles. The molecular formula is C15H12Br3N5O3S2. The highest BCUT2D eigenvalue weighted by molar-refractivity contribution is 9.42. The van der Waals surface area contributed by atoms with Gasteiger partial charge >= 0.3 is 0 Å². The number of carbonyl (C=O) groups excluding carboxylic acids is 1. The lowest BCUT2D eigenvalue weighted by Gasteiger charge is -2.20. The van der Waals surface area contributed by atoms with Crippen LogP contribution in [0, 0.1) is 0 Å². The van der Waals surface area contributed by atoms with Crippen molar-refractivity contribution in [3.8, 4) is 0 Å². The van der Waals surface area contributed by atoms with Crippen LogP contribution < -0.4 is 15.9 Å². The Hall–Kier alpha value is -1.15. The van der Waals surface area contributed by atoms with E-state index in [0.29, 0.717) is 11.4 Å². The van der Waals surface area contributed by atoms with E-state index in [0.717, 1.165) is 0 Å². The number of benzene rings is 2. The average Bonchev–Trinajstić information content (AvgIpc) is 3.07. The Kier molecular flexibility index (Phi) is 6.39. The molecule has 1 unspecified atom stereocenters. The van der Waals surface area contributed by atoms with E-state index in [2.05, 4.69) is 81.6 Å². The Morgan fingerprint density at radius 2 is 1.89 bits per heavy atom. The van der Waals surface area contributed by atoms with Crippen molar-refractivity contribution in [2.75, 3.05) is 10.3 Å². The van der Waals surface area contributed by atoms with E-state index in [4.69, 9.17) is 0 Å². The summed E-state index contributed by atoms with van der Waals surface area (Å²) < 4.78 is 23.5. The largest absolute Gasteiger partial charge is 0.322 e. The number of rotatable bonds is 4. The van der Waals surface area contributed by atoms with E-state index in [1.54, 1.807) is 29.3 Å². The van der Waals surface area contributed by atoms with E-state index in [1.165, 1.54) is 24.3 Å². The third-order valence-corrected chi connectivity index (χ3v) is 9.29. The predicted octanol–water partition coefficient (Wildman–Crippen LogP) is 4.41. The minimum atomic E-state index is -3.80. The summed E-state index contributed by atoms with van der Waals surface area (Å²) in [6.07, 6.45) is 0. The number of halogens is 3. The lowest BCUT2D eigenvalue weighted by Crippen LogP contribution is -2.34. The highest BCUT2D eigenvalue weighted by Crippen LogP contribution is 2.43. The van der Waals surface area contributed by atoms with Crippen LogP contribution in [0.5, 0.6) is 0 Å². The molecule has 2 aromatic carbocycles. The number of hydrazine groups is 1. The summed E-state index contributed by atoms with van der Waals surface area (Å²) in [4.78, 5) is 12.6. The molecule has 3 rings (SSSR count). The first-order valence-corrected chi connectivity index (χ1v) is 11.9. The minimum Gasteiger partial charge on any atom is -0.322 e. The molecule has 13 heteroatoms. The second kappa shape index (κ2) is 8.30. The van der Waals surface area contributed by atoms with Gasteiger partial charge in [-0.25, -0.2) is 13.4 Å². The van der Waals surface area contributed by atoms with E-state index < -0.39 is 22.7 Å². The van der Waals surface area contributed by atoms with Crippen LogP contribution in [0.15, 0.2) is 63.8 Å². The first-order chi connectivity index (χ1) is 13.1. The van der Waals surface area contributed by atoms with E-state index >= 15 is 0 Å². The van der Waals surface area contributed by atoms with E-state index in [-0.39, 0.29) is 10.5 Å². The Bertz CT molecular complexity index is 1040. The molecule has 1 aliphatic rings. The van der Waals surface area contributed by atoms with Gasteiger partial charge in [0.05, 0.1) is 10.6 Å². The Balaban J connectivity index is 1.82. The minimum absolute atomic E-state index is 0.0260. The summed E-state index contributed by atoms with van der Waals surface area (Å²) in [6, 6.07) is 12.7. The van der Waals surface area contributed by atoms with E-state index in [1.807, 2.05) is 0 Å². The number of nitrogens with zero attached hydrogens (tertiary/aromatic N) is 3. The molecule has 0 aliphatic carbocycles. The molecule has 1 heterocycles. The average molecular weight is 614 g/mol. The maximum absolute atomic E-state index is 12.6. The Morgan fingerprint density at radius 1 is 1.18 bits per heavy atom. The fraction of sp³-hybridized carbons (Fsp3) is 0.133. The van der Waals surface area contributed by atoms with Crippen LogP contribution >= 0.6 is 60.4 Å². The van der Waals surface area contributed by atoms with E-state index in [9.17, 15) is 13.2 Å². The van der Waals surface area contributed by atoms with Gasteiger partial charge in [-0.1, -0.05) is 17.4 Å². The topological polar surface area (TPSA) is 103 Å². The number of hydrogen-bond donors (Lipinski definition) is 3. The number of alkyl halides is 3. The molecule has 1 amide bonds. The zero-order chi connectivity index (χ0) is 20.5. The molecule has 148 valence electrons. The number of amides is 1. The monoisotopic (exact) mass is 611 g/mol. The standard InChI is InChI=1S/C15H12Br3N5O3S2/c16-15(17,18)28(25,26)12-6-1-3-9(7-12)13(24)19-10-4-2-5-11(8-10)23-14(27)20-21-22-23/h1-8,14,27H,(H,19,24)(H,20,22). The van der Waals surface area contributed by atoms with Crippen molar-refractivity contribution in [3.63, 3.8) is 0 Å². The summed E-state index contributed by atoms with van der Waals surface area (Å²) in [5.74, 6) is -0.454. The fourth-order valence-electron chi connectivity index (χ4n) is 2.29. The van der Waals surface area contributed by atoms with Gasteiger partial charge in [-0.05, 0) is 84.2 Å². The molecule has 0 spiro atoms. The van der Waals surface area contributed by atoms with Gasteiger partial charge in [0, 0.05) is 11.3 Å². The first-order valence-electron chi connectivity index (χ1n) is 7.55. The predicted molar refractivity (Wildman–Crippen MR) is 121 cm³/mol. The zero-order valence-electron chi connectivity index (χ0n) is 13.8. The second-order valence-electron chi connectivity index (χ2n) is 5.51. The van der Waals surface area contributed by atoms with Crippen LogP contribution in [0.25, 0.3) is 0 Å². The van der Waals surface area contributed by atoms with Crippen LogP contribution in [0.1, 0.15) is 10.4 Å². The van der Waals surface area contributed by atoms with Gasteiger partial charge in [0.2, 0.25) is 16.8 Å². The van der Waals surface area contributed by atoms with Gasteiger partial charge in [0.1, 0.15) is 0 Å². The van der Waals surface area contributed by atoms with Gasteiger partial charge < -0.3 is 5.32 Å². The van der Waals surface area contributed by atoms with Crippen LogP contribution in [0.2, 0.25) is 0 Å². The van der Waals surface area contributed by atoms with Gasteiger partial charge in [-0.3, -0.25) is 4.79 Å². The highest BCUT2D eigenvalue weighted by Gasteiger charge is 2.37. The molecule has 0 saturated heterocycles. The number of carbonyl (C=O) groups is 1. The molecule has 0 fully saturated rings. The molecule has 8 nitrogen and oxygen atoms in total. The van der Waals surface area contributed by atoms with Crippen LogP contribution in [0.4, 0.5) is 11.4 Å². The lowest BCUT2D eigenvalue weighted by atomic mass is 10.2. The van der Waals surface area contributed by atoms with Gasteiger partial charge in [0.25, 0.3) is 5.91 Å². The normalized spacial score (nSPS) is 16.7. The fourth-order valence-corrected chi connectivity index (χ4v) is 5.02. The van der Waals surface area contributed by atoms with Gasteiger partial charge in [0.15, 0.2) is 0 Å². The highest BCUT2D eigenvalue weighted by atomic mass is 80.0. The third-order valence-electron chi connectivity index (χ3n) is 3.64. The molecular weight excluding hydrogens is 602 g/mol.